The third kappa shape index (κ3) is 3.28. The van der Waals surface area contributed by atoms with Crippen molar-refractivity contribution in [3.8, 4) is 0 Å². The van der Waals surface area contributed by atoms with Gasteiger partial charge in [0.1, 0.15) is 0 Å². The van der Waals surface area contributed by atoms with E-state index in [9.17, 15) is 0 Å². The Morgan fingerprint density at radius 1 is 1.35 bits per heavy atom. The summed E-state index contributed by atoms with van der Waals surface area (Å²) in [5.74, 6) is 0.338. The number of hydrogen-bond donors (Lipinski definition) is 1. The van der Waals surface area contributed by atoms with Gasteiger partial charge in [0.05, 0.1) is 10.7 Å². The molecule has 0 saturated heterocycles. The molecule has 1 atom stereocenters. The molecule has 17 heavy (non-hydrogen) atoms. The number of halogens is 1. The minimum Gasteiger partial charge on any atom is -0.330 e. The van der Waals surface area contributed by atoms with Crippen LogP contribution in [0.2, 0.25) is 5.02 Å². The molecule has 2 rings (SSSR count). The van der Waals surface area contributed by atoms with E-state index in [0.717, 1.165) is 22.1 Å². The van der Waals surface area contributed by atoms with Crippen LogP contribution in [-0.4, -0.2) is 11.5 Å². The molecular formula is C13H15ClN2S. The number of hydrogen-bond acceptors (Lipinski definition) is 3. The summed E-state index contributed by atoms with van der Waals surface area (Å²) in [5.41, 5.74) is 7.96. The van der Waals surface area contributed by atoms with Crippen molar-refractivity contribution in [2.75, 3.05) is 6.54 Å². The lowest BCUT2D eigenvalue weighted by Gasteiger charge is -2.02. The van der Waals surface area contributed by atoms with Gasteiger partial charge in [-0.2, -0.15) is 0 Å². The van der Waals surface area contributed by atoms with Crippen LogP contribution in [0.15, 0.2) is 29.6 Å². The molecule has 0 bridgehead atoms. The van der Waals surface area contributed by atoms with Crippen LogP contribution in [0.4, 0.5) is 0 Å². The Morgan fingerprint density at radius 2 is 2.06 bits per heavy atom. The van der Waals surface area contributed by atoms with Gasteiger partial charge in [-0.15, -0.1) is 11.3 Å². The standard InChI is InChI=1S/C13H15ClN2S/c1-9(7-15)12-8-17-13(16-12)6-10-2-4-11(14)5-3-10/h2-5,8-9H,6-7,15H2,1H3. The molecule has 0 radical (unpaired) electrons. The van der Waals surface area contributed by atoms with Gasteiger partial charge in [-0.1, -0.05) is 30.7 Å². The Kier molecular flexibility index (Phi) is 4.15. The van der Waals surface area contributed by atoms with E-state index >= 15 is 0 Å². The molecule has 2 nitrogen and oxygen atoms in total. The molecule has 4 heteroatoms. The fourth-order valence-electron chi connectivity index (χ4n) is 1.53. The van der Waals surface area contributed by atoms with Crippen LogP contribution in [0.3, 0.4) is 0 Å². The molecule has 1 unspecified atom stereocenters. The van der Waals surface area contributed by atoms with Crippen molar-refractivity contribution in [1.82, 2.24) is 4.98 Å². The highest BCUT2D eigenvalue weighted by Gasteiger charge is 2.08. The molecule has 0 saturated carbocycles. The van der Waals surface area contributed by atoms with Gasteiger partial charge in [0, 0.05) is 29.3 Å². The van der Waals surface area contributed by atoms with Gasteiger partial charge in [0.15, 0.2) is 0 Å². The van der Waals surface area contributed by atoms with Crippen LogP contribution < -0.4 is 5.73 Å². The molecule has 0 aliphatic carbocycles. The Hall–Kier alpha value is -0.900. The zero-order chi connectivity index (χ0) is 12.3. The molecule has 0 aliphatic heterocycles. The molecular weight excluding hydrogens is 252 g/mol. The summed E-state index contributed by atoms with van der Waals surface area (Å²) in [4.78, 5) is 4.60. The largest absolute Gasteiger partial charge is 0.330 e. The summed E-state index contributed by atoms with van der Waals surface area (Å²) in [6.07, 6.45) is 0.860. The molecule has 1 aromatic heterocycles. The van der Waals surface area contributed by atoms with Crippen LogP contribution in [0.25, 0.3) is 0 Å². The Morgan fingerprint density at radius 3 is 2.71 bits per heavy atom. The van der Waals surface area contributed by atoms with Gasteiger partial charge in [0.2, 0.25) is 0 Å². The summed E-state index contributed by atoms with van der Waals surface area (Å²) in [7, 11) is 0. The molecule has 0 spiro atoms. The Balaban J connectivity index is 2.08. The fourth-order valence-corrected chi connectivity index (χ4v) is 2.61. The Labute approximate surface area is 110 Å². The van der Waals surface area contributed by atoms with E-state index in [1.807, 2.05) is 24.3 Å². The van der Waals surface area contributed by atoms with E-state index in [-0.39, 0.29) is 0 Å². The first-order valence-corrected chi connectivity index (χ1v) is 6.83. The monoisotopic (exact) mass is 266 g/mol. The molecule has 1 heterocycles. The number of thiazole rings is 1. The summed E-state index contributed by atoms with van der Waals surface area (Å²) in [6, 6.07) is 7.90. The number of rotatable bonds is 4. The average molecular weight is 267 g/mol. The van der Waals surface area contributed by atoms with E-state index in [2.05, 4.69) is 17.3 Å². The van der Waals surface area contributed by atoms with Crippen molar-refractivity contribution < 1.29 is 0 Å². The zero-order valence-electron chi connectivity index (χ0n) is 9.69. The third-order valence-electron chi connectivity index (χ3n) is 2.70. The van der Waals surface area contributed by atoms with Crippen LogP contribution in [0.5, 0.6) is 0 Å². The number of benzene rings is 1. The van der Waals surface area contributed by atoms with E-state index < -0.39 is 0 Å². The SMILES string of the molecule is CC(CN)c1csc(Cc2ccc(Cl)cc2)n1. The first-order chi connectivity index (χ1) is 8.19. The molecule has 0 amide bonds. The first kappa shape index (κ1) is 12.6. The molecule has 2 aromatic rings. The molecule has 90 valence electrons. The molecule has 0 aliphatic rings. The second kappa shape index (κ2) is 5.63. The van der Waals surface area contributed by atoms with Crippen molar-refractivity contribution in [1.29, 1.82) is 0 Å². The molecule has 0 fully saturated rings. The third-order valence-corrected chi connectivity index (χ3v) is 3.82. The molecule has 2 N–H and O–H groups in total. The maximum absolute atomic E-state index is 5.85. The minimum atomic E-state index is 0.338. The minimum absolute atomic E-state index is 0.338. The predicted octanol–water partition coefficient (Wildman–Crippen LogP) is 3.45. The smallest absolute Gasteiger partial charge is 0.0972 e. The highest BCUT2D eigenvalue weighted by molar-refractivity contribution is 7.09. The predicted molar refractivity (Wildman–Crippen MR) is 73.8 cm³/mol. The lowest BCUT2D eigenvalue weighted by Crippen LogP contribution is -2.09. The zero-order valence-corrected chi connectivity index (χ0v) is 11.3. The van der Waals surface area contributed by atoms with Crippen molar-refractivity contribution in [2.45, 2.75) is 19.3 Å². The quantitative estimate of drug-likeness (QED) is 0.921. The van der Waals surface area contributed by atoms with Gasteiger partial charge in [-0.05, 0) is 17.7 Å². The summed E-state index contributed by atoms with van der Waals surface area (Å²) in [6.45, 7) is 2.74. The van der Waals surface area contributed by atoms with Gasteiger partial charge in [-0.25, -0.2) is 4.98 Å². The number of aromatic nitrogens is 1. The summed E-state index contributed by atoms with van der Waals surface area (Å²) < 4.78 is 0. The van der Waals surface area contributed by atoms with Gasteiger partial charge >= 0.3 is 0 Å². The van der Waals surface area contributed by atoms with Gasteiger partial charge < -0.3 is 5.73 Å². The lowest BCUT2D eigenvalue weighted by molar-refractivity contribution is 0.748. The highest BCUT2D eigenvalue weighted by atomic mass is 35.5. The second-order valence-corrected chi connectivity index (χ2v) is 5.49. The van der Waals surface area contributed by atoms with Crippen molar-refractivity contribution >= 4 is 22.9 Å². The Bertz CT molecular complexity index is 478. The maximum atomic E-state index is 5.85. The van der Waals surface area contributed by atoms with Crippen LogP contribution in [0.1, 0.15) is 29.1 Å². The van der Waals surface area contributed by atoms with Gasteiger partial charge in [0.25, 0.3) is 0 Å². The topological polar surface area (TPSA) is 38.9 Å². The van der Waals surface area contributed by atoms with Gasteiger partial charge in [-0.3, -0.25) is 0 Å². The van der Waals surface area contributed by atoms with E-state index in [1.165, 1.54) is 5.56 Å². The first-order valence-electron chi connectivity index (χ1n) is 5.58. The van der Waals surface area contributed by atoms with Crippen LogP contribution in [-0.2, 0) is 6.42 Å². The molecule has 1 aromatic carbocycles. The van der Waals surface area contributed by atoms with Crippen LogP contribution >= 0.6 is 22.9 Å². The van der Waals surface area contributed by atoms with E-state index in [4.69, 9.17) is 17.3 Å². The maximum Gasteiger partial charge on any atom is 0.0972 e. The lowest BCUT2D eigenvalue weighted by atomic mass is 10.1. The number of nitrogens with zero attached hydrogens (tertiary/aromatic N) is 1. The normalized spacial score (nSPS) is 12.6. The number of nitrogens with two attached hydrogens (primary N) is 1. The van der Waals surface area contributed by atoms with E-state index in [0.29, 0.717) is 12.5 Å². The van der Waals surface area contributed by atoms with Crippen molar-refractivity contribution in [3.05, 3.63) is 50.9 Å². The highest BCUT2D eigenvalue weighted by Crippen LogP contribution is 2.20. The van der Waals surface area contributed by atoms with Crippen molar-refractivity contribution in [2.24, 2.45) is 5.73 Å². The van der Waals surface area contributed by atoms with E-state index in [1.54, 1.807) is 11.3 Å². The van der Waals surface area contributed by atoms with Crippen molar-refractivity contribution in [3.63, 3.8) is 0 Å². The second-order valence-electron chi connectivity index (χ2n) is 4.11. The average Bonchev–Trinajstić information content (AvgIpc) is 2.80. The summed E-state index contributed by atoms with van der Waals surface area (Å²) in [5, 5.41) is 4.00. The summed E-state index contributed by atoms with van der Waals surface area (Å²) >= 11 is 7.54. The van der Waals surface area contributed by atoms with Crippen LogP contribution in [0, 0.1) is 0 Å². The fraction of sp³-hybridized carbons (Fsp3) is 0.308.